The molecule has 0 spiro atoms. The lowest BCUT2D eigenvalue weighted by atomic mass is 9.88. The standard InChI is InChI=1S/C27H29Br2N3O5/c1-4-36-21-14-18(22(28)23(29)24(21)37-16(2)27(34)35-3)15-30-32-25(17-10-6-5-7-11-17)31-20-13-9-8-12-19(20)26(32)33/h8-9,12-17H,4-7,10-11H2,1-3H3/t16-/m1/s1. The van der Waals surface area contributed by atoms with E-state index in [0.29, 0.717) is 49.3 Å². The first kappa shape index (κ1) is 27.3. The quantitative estimate of drug-likeness (QED) is 0.217. The number of ether oxygens (including phenoxy) is 3. The predicted molar refractivity (Wildman–Crippen MR) is 150 cm³/mol. The van der Waals surface area contributed by atoms with E-state index in [1.165, 1.54) is 18.2 Å². The number of methoxy groups -OCH3 is 1. The zero-order chi connectivity index (χ0) is 26.5. The molecule has 0 saturated heterocycles. The van der Waals surface area contributed by atoms with Gasteiger partial charge in [-0.1, -0.05) is 31.4 Å². The Morgan fingerprint density at radius 3 is 2.65 bits per heavy atom. The molecule has 0 radical (unpaired) electrons. The average molecular weight is 635 g/mol. The zero-order valence-corrected chi connectivity index (χ0v) is 24.2. The summed E-state index contributed by atoms with van der Waals surface area (Å²) in [5.74, 6) is 1.14. The molecule has 1 aliphatic carbocycles. The minimum atomic E-state index is -0.841. The number of carbonyl (C=O) groups excluding carboxylic acids is 1. The van der Waals surface area contributed by atoms with Gasteiger partial charge in [-0.2, -0.15) is 9.78 Å². The predicted octanol–water partition coefficient (Wildman–Crippen LogP) is 6.19. The van der Waals surface area contributed by atoms with Crippen molar-refractivity contribution in [2.45, 2.75) is 58.0 Å². The van der Waals surface area contributed by atoms with Gasteiger partial charge >= 0.3 is 5.97 Å². The van der Waals surface area contributed by atoms with Crippen molar-refractivity contribution in [3.63, 3.8) is 0 Å². The largest absolute Gasteiger partial charge is 0.490 e. The van der Waals surface area contributed by atoms with E-state index < -0.39 is 12.1 Å². The van der Waals surface area contributed by atoms with Crippen LogP contribution in [0.15, 0.2) is 49.2 Å². The molecule has 1 aliphatic rings. The third kappa shape index (κ3) is 5.90. The van der Waals surface area contributed by atoms with Gasteiger partial charge in [0.2, 0.25) is 0 Å². The number of nitrogens with zero attached hydrogens (tertiary/aromatic N) is 3. The average Bonchev–Trinajstić information content (AvgIpc) is 2.92. The van der Waals surface area contributed by atoms with Gasteiger partial charge in [-0.15, -0.1) is 0 Å². The first-order chi connectivity index (χ1) is 17.8. The summed E-state index contributed by atoms with van der Waals surface area (Å²) >= 11 is 7.15. The SMILES string of the molecule is CCOc1cc(C=Nn2c(C3CCCCC3)nc3ccccc3c2=O)c(Br)c(Br)c1O[C@H](C)C(=O)OC. The molecule has 1 atom stereocenters. The Bertz CT molecular complexity index is 1380. The van der Waals surface area contributed by atoms with Crippen molar-refractivity contribution in [1.82, 2.24) is 9.66 Å². The number of esters is 1. The highest BCUT2D eigenvalue weighted by Crippen LogP contribution is 2.43. The summed E-state index contributed by atoms with van der Waals surface area (Å²) in [5.41, 5.74) is 1.14. The summed E-state index contributed by atoms with van der Waals surface area (Å²) in [7, 11) is 1.31. The number of para-hydroxylation sites is 1. The smallest absolute Gasteiger partial charge is 0.346 e. The van der Waals surface area contributed by atoms with Gasteiger partial charge in [0.25, 0.3) is 5.56 Å². The highest BCUT2D eigenvalue weighted by molar-refractivity contribution is 9.13. The Labute approximate surface area is 232 Å². The Morgan fingerprint density at radius 2 is 1.95 bits per heavy atom. The number of carbonyl (C=O) groups is 1. The molecule has 0 aliphatic heterocycles. The fourth-order valence-electron chi connectivity index (χ4n) is 4.46. The van der Waals surface area contributed by atoms with E-state index in [4.69, 9.17) is 19.2 Å². The maximum absolute atomic E-state index is 13.5. The van der Waals surface area contributed by atoms with Crippen LogP contribution in [0.4, 0.5) is 0 Å². The van der Waals surface area contributed by atoms with E-state index in [-0.39, 0.29) is 11.5 Å². The monoisotopic (exact) mass is 633 g/mol. The van der Waals surface area contributed by atoms with Crippen LogP contribution in [0.1, 0.15) is 63.3 Å². The third-order valence-electron chi connectivity index (χ3n) is 6.34. The number of halogens is 2. The van der Waals surface area contributed by atoms with Crippen molar-refractivity contribution in [2.75, 3.05) is 13.7 Å². The summed E-state index contributed by atoms with van der Waals surface area (Å²) in [6, 6.07) is 9.11. The zero-order valence-electron chi connectivity index (χ0n) is 21.0. The van der Waals surface area contributed by atoms with Gasteiger partial charge < -0.3 is 14.2 Å². The van der Waals surface area contributed by atoms with E-state index in [9.17, 15) is 9.59 Å². The number of aromatic nitrogens is 2. The number of rotatable bonds is 8. The molecule has 2 aromatic carbocycles. The van der Waals surface area contributed by atoms with Gasteiger partial charge in [0.05, 0.1) is 35.3 Å². The molecule has 0 N–H and O–H groups in total. The second-order valence-electron chi connectivity index (χ2n) is 8.82. The molecule has 1 fully saturated rings. The molecule has 1 saturated carbocycles. The summed E-state index contributed by atoms with van der Waals surface area (Å²) in [5, 5.41) is 5.16. The molecule has 0 bridgehead atoms. The van der Waals surface area contributed by atoms with Gasteiger partial charge in [0, 0.05) is 16.0 Å². The lowest BCUT2D eigenvalue weighted by Gasteiger charge is -2.23. The topological polar surface area (TPSA) is 92.0 Å². The van der Waals surface area contributed by atoms with Gasteiger partial charge in [0.1, 0.15) is 5.82 Å². The Kier molecular flexibility index (Phi) is 9.02. The van der Waals surface area contributed by atoms with Gasteiger partial charge in [-0.05, 0) is 76.7 Å². The van der Waals surface area contributed by atoms with E-state index >= 15 is 0 Å². The molecule has 0 unspecified atom stereocenters. The minimum absolute atomic E-state index is 0.174. The second-order valence-corrected chi connectivity index (χ2v) is 10.4. The molecule has 196 valence electrons. The van der Waals surface area contributed by atoms with Crippen LogP contribution in [0.25, 0.3) is 10.9 Å². The van der Waals surface area contributed by atoms with Crippen LogP contribution >= 0.6 is 31.9 Å². The molecule has 10 heteroatoms. The van der Waals surface area contributed by atoms with Crippen LogP contribution in [0.2, 0.25) is 0 Å². The highest BCUT2D eigenvalue weighted by atomic mass is 79.9. The van der Waals surface area contributed by atoms with Crippen LogP contribution in [-0.4, -0.2) is 41.7 Å². The first-order valence-corrected chi connectivity index (χ1v) is 13.9. The van der Waals surface area contributed by atoms with Crippen molar-refractivity contribution in [3.05, 3.63) is 61.0 Å². The fourth-order valence-corrected chi connectivity index (χ4v) is 5.37. The maximum atomic E-state index is 13.5. The molecule has 1 heterocycles. The van der Waals surface area contributed by atoms with E-state index in [0.717, 1.165) is 25.7 Å². The third-order valence-corrected chi connectivity index (χ3v) is 8.49. The molecule has 4 rings (SSSR count). The molecule has 37 heavy (non-hydrogen) atoms. The fraction of sp³-hybridized carbons (Fsp3) is 0.407. The summed E-state index contributed by atoms with van der Waals surface area (Å²) in [4.78, 5) is 30.3. The second kappa shape index (κ2) is 12.2. The van der Waals surface area contributed by atoms with Crippen molar-refractivity contribution in [1.29, 1.82) is 0 Å². The van der Waals surface area contributed by atoms with E-state index in [1.54, 1.807) is 25.3 Å². The normalized spacial score (nSPS) is 15.2. The molecule has 8 nitrogen and oxygen atoms in total. The van der Waals surface area contributed by atoms with Gasteiger partial charge in [0.15, 0.2) is 17.6 Å². The Morgan fingerprint density at radius 1 is 1.22 bits per heavy atom. The first-order valence-electron chi connectivity index (χ1n) is 12.3. The van der Waals surface area contributed by atoms with E-state index in [2.05, 4.69) is 37.0 Å². The molecule has 0 amide bonds. The van der Waals surface area contributed by atoms with Crippen LogP contribution in [0, 0.1) is 0 Å². The number of fused-ring (bicyclic) bond motifs is 1. The number of hydrogen-bond donors (Lipinski definition) is 0. The van der Waals surface area contributed by atoms with Gasteiger partial charge in [-0.25, -0.2) is 9.78 Å². The molecule has 3 aromatic rings. The van der Waals surface area contributed by atoms with Crippen molar-refractivity contribution in [3.8, 4) is 11.5 Å². The summed E-state index contributed by atoms with van der Waals surface area (Å²) < 4.78 is 19.1. The number of benzene rings is 2. The summed E-state index contributed by atoms with van der Waals surface area (Å²) in [6.07, 6.45) is 6.14. The van der Waals surface area contributed by atoms with Crippen molar-refractivity contribution in [2.24, 2.45) is 5.10 Å². The van der Waals surface area contributed by atoms with E-state index in [1.807, 2.05) is 25.1 Å². The lowest BCUT2D eigenvalue weighted by Crippen LogP contribution is -2.25. The Balaban J connectivity index is 1.80. The maximum Gasteiger partial charge on any atom is 0.346 e. The molecule has 1 aromatic heterocycles. The van der Waals surface area contributed by atoms with Crippen LogP contribution < -0.4 is 15.0 Å². The van der Waals surface area contributed by atoms with Crippen molar-refractivity contribution < 1.29 is 19.0 Å². The molecular weight excluding hydrogens is 606 g/mol. The molecular formula is C27H29Br2N3O5. The van der Waals surface area contributed by atoms with Gasteiger partial charge in [-0.3, -0.25) is 4.79 Å². The number of hydrogen-bond acceptors (Lipinski definition) is 7. The summed E-state index contributed by atoms with van der Waals surface area (Å²) in [6.45, 7) is 3.84. The van der Waals surface area contributed by atoms with Crippen LogP contribution in [-0.2, 0) is 9.53 Å². The lowest BCUT2D eigenvalue weighted by molar-refractivity contribution is -0.148. The highest BCUT2D eigenvalue weighted by Gasteiger charge is 2.24. The van der Waals surface area contributed by atoms with Crippen molar-refractivity contribution >= 4 is 54.9 Å². The minimum Gasteiger partial charge on any atom is -0.490 e. The van der Waals surface area contributed by atoms with Crippen LogP contribution in [0.3, 0.4) is 0 Å². The van der Waals surface area contributed by atoms with Crippen LogP contribution in [0.5, 0.6) is 11.5 Å². The Hall–Kier alpha value is -2.72.